The van der Waals surface area contributed by atoms with Crippen LogP contribution in [0.15, 0.2) is 42.5 Å². The van der Waals surface area contributed by atoms with Gasteiger partial charge < -0.3 is 23.3 Å². The van der Waals surface area contributed by atoms with Gasteiger partial charge in [0, 0.05) is 12.1 Å². The van der Waals surface area contributed by atoms with Gasteiger partial charge in [0.2, 0.25) is 0 Å². The first-order valence-corrected chi connectivity index (χ1v) is 8.51. The molecule has 0 radical (unpaired) electrons. The van der Waals surface area contributed by atoms with Crippen LogP contribution in [0.1, 0.15) is 10.4 Å². The van der Waals surface area contributed by atoms with E-state index < -0.39 is 13.8 Å². The topological polar surface area (TPSA) is 101 Å². The maximum Gasteiger partial charge on any atom is 0.587 e. The number of hydrogen-bond donors (Lipinski definition) is 1. The minimum absolute atomic E-state index is 0.0564. The quantitative estimate of drug-likeness (QED) is 0.745. The molecular weight excluding hydrogens is 351 g/mol. The van der Waals surface area contributed by atoms with E-state index in [2.05, 4.69) is 4.52 Å². The molecule has 0 aliphatic rings. The number of ether oxygens (including phenoxy) is 3. The fourth-order valence-electron chi connectivity index (χ4n) is 1.99. The Kier molecular flexibility index (Phi) is 5.90. The third kappa shape index (κ3) is 4.65. The summed E-state index contributed by atoms with van der Waals surface area (Å²) in [5.41, 5.74) is -0.170. The Labute approximate surface area is 144 Å². The van der Waals surface area contributed by atoms with Gasteiger partial charge in [0.25, 0.3) is 0 Å². The summed E-state index contributed by atoms with van der Waals surface area (Å²) in [5, 5.41) is 0. The molecule has 9 heteroatoms. The molecule has 0 saturated carbocycles. The molecule has 2 rings (SSSR count). The number of hydrogen-bond acceptors (Lipinski definition) is 7. The highest BCUT2D eigenvalue weighted by molar-refractivity contribution is 7.48. The summed E-state index contributed by atoms with van der Waals surface area (Å²) in [6, 6.07) is 10.6. The Morgan fingerprint density at radius 2 is 1.48 bits per heavy atom. The molecule has 1 N–H and O–H groups in total. The summed E-state index contributed by atoms with van der Waals surface area (Å²) in [5.74, 6) is -0.576. The lowest BCUT2D eigenvalue weighted by Gasteiger charge is -2.16. The first-order valence-electron chi connectivity index (χ1n) is 7.01. The Hall–Kier alpha value is -2.70. The molecule has 0 heterocycles. The molecule has 1 unspecified atom stereocenters. The summed E-state index contributed by atoms with van der Waals surface area (Å²) >= 11 is 0. The van der Waals surface area contributed by atoms with E-state index in [1.165, 1.54) is 45.6 Å². The zero-order chi connectivity index (χ0) is 18.4. The molecule has 2 aromatic rings. The van der Waals surface area contributed by atoms with Crippen LogP contribution in [-0.2, 0) is 9.09 Å². The van der Waals surface area contributed by atoms with E-state index in [9.17, 15) is 14.3 Å². The SMILES string of the molecule is COc1cc(OC)c(C(=O)OP(=O)(O)Oc2ccccc2)c(OC)c1. The van der Waals surface area contributed by atoms with Crippen LogP contribution < -0.4 is 18.7 Å². The Bertz CT molecular complexity index is 765. The van der Waals surface area contributed by atoms with Crippen molar-refractivity contribution >= 4 is 13.8 Å². The van der Waals surface area contributed by atoms with Crippen LogP contribution in [0.3, 0.4) is 0 Å². The Morgan fingerprint density at radius 3 is 1.96 bits per heavy atom. The van der Waals surface area contributed by atoms with E-state index in [0.29, 0.717) is 5.75 Å². The van der Waals surface area contributed by atoms with Gasteiger partial charge in [-0.2, -0.15) is 0 Å². The first kappa shape index (κ1) is 18.6. The maximum absolute atomic E-state index is 12.4. The lowest BCUT2D eigenvalue weighted by atomic mass is 10.1. The summed E-state index contributed by atoms with van der Waals surface area (Å²) in [6.07, 6.45) is 0. The van der Waals surface area contributed by atoms with Gasteiger partial charge >= 0.3 is 13.8 Å². The maximum atomic E-state index is 12.4. The molecule has 0 aliphatic heterocycles. The van der Waals surface area contributed by atoms with Crippen molar-refractivity contribution in [3.8, 4) is 23.0 Å². The van der Waals surface area contributed by atoms with Crippen LogP contribution in [0.2, 0.25) is 0 Å². The minimum Gasteiger partial charge on any atom is -0.496 e. The summed E-state index contributed by atoms with van der Waals surface area (Å²) < 4.78 is 36.9. The summed E-state index contributed by atoms with van der Waals surface area (Å²) in [6.45, 7) is 0. The fourth-order valence-corrected chi connectivity index (χ4v) is 2.72. The van der Waals surface area contributed by atoms with Gasteiger partial charge in [-0.3, -0.25) is 4.89 Å². The monoisotopic (exact) mass is 368 g/mol. The van der Waals surface area contributed by atoms with E-state index in [1.807, 2.05) is 0 Å². The number of methoxy groups -OCH3 is 3. The second-order valence-electron chi connectivity index (χ2n) is 4.66. The lowest BCUT2D eigenvalue weighted by Crippen LogP contribution is -2.10. The normalized spacial score (nSPS) is 12.6. The zero-order valence-electron chi connectivity index (χ0n) is 13.8. The van der Waals surface area contributed by atoms with Crippen molar-refractivity contribution in [3.63, 3.8) is 0 Å². The highest BCUT2D eigenvalue weighted by Gasteiger charge is 2.32. The van der Waals surface area contributed by atoms with E-state index >= 15 is 0 Å². The van der Waals surface area contributed by atoms with Crippen LogP contribution in [0.5, 0.6) is 23.0 Å². The highest BCUT2D eigenvalue weighted by atomic mass is 31.2. The molecule has 0 aliphatic carbocycles. The van der Waals surface area contributed by atoms with Crippen LogP contribution in [0.4, 0.5) is 0 Å². The minimum atomic E-state index is -4.71. The van der Waals surface area contributed by atoms with E-state index in [-0.39, 0.29) is 22.8 Å². The van der Waals surface area contributed by atoms with Crippen molar-refractivity contribution in [1.29, 1.82) is 0 Å². The van der Waals surface area contributed by atoms with E-state index in [4.69, 9.17) is 18.7 Å². The number of para-hydroxylation sites is 1. The van der Waals surface area contributed by atoms with Gasteiger partial charge in [-0.1, -0.05) is 18.2 Å². The molecule has 0 spiro atoms. The van der Waals surface area contributed by atoms with Gasteiger partial charge in [0.05, 0.1) is 21.3 Å². The number of carbonyl (C=O) groups is 1. The fraction of sp³-hybridized carbons (Fsp3) is 0.188. The molecular formula is C16H17O8P. The van der Waals surface area contributed by atoms with Crippen LogP contribution in [0.25, 0.3) is 0 Å². The van der Waals surface area contributed by atoms with Crippen LogP contribution >= 0.6 is 7.82 Å². The van der Waals surface area contributed by atoms with Crippen LogP contribution in [-0.4, -0.2) is 32.2 Å². The Balaban J connectivity index is 2.29. The van der Waals surface area contributed by atoms with Crippen molar-refractivity contribution in [2.24, 2.45) is 0 Å². The number of phosphoric acid groups is 1. The molecule has 134 valence electrons. The molecule has 25 heavy (non-hydrogen) atoms. The second kappa shape index (κ2) is 7.92. The number of benzene rings is 2. The van der Waals surface area contributed by atoms with Crippen molar-refractivity contribution in [1.82, 2.24) is 0 Å². The van der Waals surface area contributed by atoms with Crippen molar-refractivity contribution in [2.45, 2.75) is 0 Å². The zero-order valence-corrected chi connectivity index (χ0v) is 14.7. The predicted octanol–water partition coefficient (Wildman–Crippen LogP) is 3.05. The summed E-state index contributed by atoms with van der Waals surface area (Å²) in [4.78, 5) is 22.2. The number of rotatable bonds is 7. The summed E-state index contributed by atoms with van der Waals surface area (Å²) in [7, 11) is -0.628. The average molecular weight is 368 g/mol. The predicted molar refractivity (Wildman–Crippen MR) is 88.4 cm³/mol. The first-order chi connectivity index (χ1) is 11.9. The molecule has 0 aromatic heterocycles. The van der Waals surface area contributed by atoms with E-state index in [0.717, 1.165) is 0 Å². The third-order valence-corrected chi connectivity index (χ3v) is 3.92. The van der Waals surface area contributed by atoms with Crippen molar-refractivity contribution < 1.29 is 37.5 Å². The van der Waals surface area contributed by atoms with Gasteiger partial charge in [0.15, 0.2) is 0 Å². The standard InChI is InChI=1S/C16H17O8P/c1-20-12-9-13(21-2)15(14(10-12)22-3)16(17)24-25(18,19)23-11-7-5-4-6-8-11/h4-10H,1-3H3,(H,18,19). The lowest BCUT2D eigenvalue weighted by molar-refractivity contribution is 0.0676. The van der Waals surface area contributed by atoms with Gasteiger partial charge in [-0.05, 0) is 12.1 Å². The van der Waals surface area contributed by atoms with Gasteiger partial charge in [0.1, 0.15) is 28.6 Å². The molecule has 2 aromatic carbocycles. The largest absolute Gasteiger partial charge is 0.587 e. The molecule has 0 amide bonds. The molecule has 0 saturated heterocycles. The van der Waals surface area contributed by atoms with E-state index in [1.54, 1.807) is 18.2 Å². The molecule has 0 bridgehead atoms. The molecule has 0 fully saturated rings. The average Bonchev–Trinajstić information content (AvgIpc) is 2.60. The molecule has 8 nitrogen and oxygen atoms in total. The van der Waals surface area contributed by atoms with Gasteiger partial charge in [-0.25, -0.2) is 9.36 Å². The smallest absolute Gasteiger partial charge is 0.496 e. The van der Waals surface area contributed by atoms with Crippen molar-refractivity contribution in [2.75, 3.05) is 21.3 Å². The third-order valence-electron chi connectivity index (χ3n) is 3.08. The Morgan fingerprint density at radius 1 is 0.920 bits per heavy atom. The van der Waals surface area contributed by atoms with Crippen molar-refractivity contribution in [3.05, 3.63) is 48.0 Å². The molecule has 1 atom stereocenters. The van der Waals surface area contributed by atoms with Crippen LogP contribution in [0, 0.1) is 0 Å². The number of carbonyl (C=O) groups excluding carboxylic acids is 1. The second-order valence-corrected chi connectivity index (χ2v) is 5.96. The van der Waals surface area contributed by atoms with Gasteiger partial charge in [-0.15, -0.1) is 0 Å². The number of phosphoric ester groups is 1. The highest BCUT2D eigenvalue weighted by Crippen LogP contribution is 2.46.